The predicted octanol–water partition coefficient (Wildman–Crippen LogP) is 1.83. The van der Waals surface area contributed by atoms with Gasteiger partial charge < -0.3 is 5.73 Å². The van der Waals surface area contributed by atoms with Gasteiger partial charge in [-0.05, 0) is 55.4 Å². The lowest BCUT2D eigenvalue weighted by Gasteiger charge is -2.16. The first kappa shape index (κ1) is 12.2. The topological polar surface area (TPSA) is 60.2 Å². The number of benzene rings is 1. The zero-order valence-electron chi connectivity index (χ0n) is 10.4. The summed E-state index contributed by atoms with van der Waals surface area (Å²) in [6, 6.07) is 5.44. The summed E-state index contributed by atoms with van der Waals surface area (Å²) < 4.78 is 25.1. The Hall–Kier alpha value is -0.870. The summed E-state index contributed by atoms with van der Waals surface area (Å²) in [6.45, 7) is 0. The van der Waals surface area contributed by atoms with E-state index in [1.807, 2.05) is 12.1 Å². The Balaban J connectivity index is 1.99. The number of rotatable bonds is 2. The van der Waals surface area contributed by atoms with Crippen LogP contribution in [0.5, 0.6) is 0 Å². The quantitative estimate of drug-likeness (QED) is 0.887. The Morgan fingerprint density at radius 3 is 2.56 bits per heavy atom. The SMILES string of the molecule is NC1CCCC1S(=O)(=O)c1ccc2c(c1)CCC2. The molecule has 2 aliphatic carbocycles. The lowest BCUT2D eigenvalue weighted by Crippen LogP contribution is -2.35. The third kappa shape index (κ3) is 1.88. The minimum absolute atomic E-state index is 0.191. The summed E-state index contributed by atoms with van der Waals surface area (Å²) in [6.07, 6.45) is 5.70. The molecule has 0 spiro atoms. The highest BCUT2D eigenvalue weighted by Crippen LogP contribution is 2.31. The normalized spacial score (nSPS) is 27.4. The Labute approximate surface area is 108 Å². The van der Waals surface area contributed by atoms with E-state index in [2.05, 4.69) is 0 Å². The maximum atomic E-state index is 12.6. The van der Waals surface area contributed by atoms with Crippen molar-refractivity contribution >= 4 is 9.84 Å². The fourth-order valence-electron chi connectivity index (χ4n) is 3.24. The number of nitrogens with two attached hydrogens (primary N) is 1. The van der Waals surface area contributed by atoms with Crippen LogP contribution in [0.25, 0.3) is 0 Å². The molecule has 2 N–H and O–H groups in total. The molecule has 0 aromatic heterocycles. The molecule has 0 aliphatic heterocycles. The van der Waals surface area contributed by atoms with Gasteiger partial charge in [-0.15, -0.1) is 0 Å². The number of sulfone groups is 1. The molecule has 1 aromatic carbocycles. The smallest absolute Gasteiger partial charge is 0.182 e. The van der Waals surface area contributed by atoms with Crippen molar-refractivity contribution in [3.63, 3.8) is 0 Å². The third-order valence-corrected chi connectivity index (χ3v) is 6.59. The molecule has 3 rings (SSSR count). The monoisotopic (exact) mass is 265 g/mol. The van der Waals surface area contributed by atoms with Gasteiger partial charge in [0.2, 0.25) is 0 Å². The number of aryl methyl sites for hydroxylation is 2. The van der Waals surface area contributed by atoms with E-state index >= 15 is 0 Å². The van der Waals surface area contributed by atoms with Gasteiger partial charge in [0.1, 0.15) is 0 Å². The van der Waals surface area contributed by atoms with Crippen molar-refractivity contribution < 1.29 is 8.42 Å². The number of hydrogen-bond acceptors (Lipinski definition) is 3. The Kier molecular flexibility index (Phi) is 2.94. The fourth-order valence-corrected chi connectivity index (χ4v) is 5.23. The van der Waals surface area contributed by atoms with Crippen molar-refractivity contribution in [2.75, 3.05) is 0 Å². The van der Waals surface area contributed by atoms with Crippen molar-refractivity contribution in [3.05, 3.63) is 29.3 Å². The van der Waals surface area contributed by atoms with E-state index in [4.69, 9.17) is 5.73 Å². The fraction of sp³-hybridized carbons (Fsp3) is 0.571. The number of fused-ring (bicyclic) bond motifs is 1. The summed E-state index contributed by atoms with van der Waals surface area (Å²) in [5.41, 5.74) is 8.46. The molecule has 0 amide bonds. The molecule has 1 saturated carbocycles. The van der Waals surface area contributed by atoms with Crippen LogP contribution in [-0.2, 0) is 22.7 Å². The highest BCUT2D eigenvalue weighted by Gasteiger charge is 2.36. The predicted molar refractivity (Wildman–Crippen MR) is 71.3 cm³/mol. The van der Waals surface area contributed by atoms with Crippen molar-refractivity contribution in [1.82, 2.24) is 0 Å². The second kappa shape index (κ2) is 4.35. The minimum atomic E-state index is -3.23. The van der Waals surface area contributed by atoms with Crippen molar-refractivity contribution in [3.8, 4) is 0 Å². The lowest BCUT2D eigenvalue weighted by atomic mass is 10.1. The van der Waals surface area contributed by atoms with Crippen LogP contribution in [0.4, 0.5) is 0 Å². The van der Waals surface area contributed by atoms with Gasteiger partial charge in [-0.25, -0.2) is 8.42 Å². The second-order valence-electron chi connectivity index (χ2n) is 5.46. The standard InChI is InChI=1S/C14H19NO2S/c15-13-5-2-6-14(13)18(16,17)12-8-7-10-3-1-4-11(10)9-12/h7-9,13-14H,1-6,15H2. The summed E-state index contributed by atoms with van der Waals surface area (Å²) >= 11 is 0. The maximum Gasteiger partial charge on any atom is 0.182 e. The summed E-state index contributed by atoms with van der Waals surface area (Å²) in [5, 5.41) is -0.378. The highest BCUT2D eigenvalue weighted by molar-refractivity contribution is 7.92. The van der Waals surface area contributed by atoms with Gasteiger partial charge >= 0.3 is 0 Å². The third-order valence-electron chi connectivity index (χ3n) is 4.30. The van der Waals surface area contributed by atoms with Crippen molar-refractivity contribution in [2.24, 2.45) is 5.73 Å². The highest BCUT2D eigenvalue weighted by atomic mass is 32.2. The van der Waals surface area contributed by atoms with Gasteiger partial charge in [-0.3, -0.25) is 0 Å². The molecule has 18 heavy (non-hydrogen) atoms. The average molecular weight is 265 g/mol. The zero-order valence-corrected chi connectivity index (χ0v) is 11.2. The molecule has 0 heterocycles. The van der Waals surface area contributed by atoms with Crippen LogP contribution in [0.3, 0.4) is 0 Å². The van der Waals surface area contributed by atoms with Crippen LogP contribution in [0, 0.1) is 0 Å². The first-order chi connectivity index (χ1) is 8.59. The summed E-state index contributed by atoms with van der Waals surface area (Å²) in [5.74, 6) is 0. The van der Waals surface area contributed by atoms with E-state index in [-0.39, 0.29) is 11.3 Å². The van der Waals surface area contributed by atoms with Gasteiger partial charge in [0.15, 0.2) is 9.84 Å². The van der Waals surface area contributed by atoms with Gasteiger partial charge in [0.05, 0.1) is 10.1 Å². The molecule has 3 nitrogen and oxygen atoms in total. The van der Waals surface area contributed by atoms with Gasteiger partial charge in [-0.2, -0.15) is 0 Å². The Morgan fingerprint density at radius 2 is 1.83 bits per heavy atom. The Morgan fingerprint density at radius 1 is 1.06 bits per heavy atom. The molecule has 1 aromatic rings. The molecule has 0 radical (unpaired) electrons. The molecular weight excluding hydrogens is 246 g/mol. The van der Waals surface area contributed by atoms with Crippen LogP contribution in [0.2, 0.25) is 0 Å². The molecule has 0 saturated heterocycles. The van der Waals surface area contributed by atoms with Crippen LogP contribution >= 0.6 is 0 Å². The lowest BCUT2D eigenvalue weighted by molar-refractivity contribution is 0.568. The zero-order chi connectivity index (χ0) is 12.8. The molecule has 98 valence electrons. The average Bonchev–Trinajstić information content (AvgIpc) is 2.95. The van der Waals surface area contributed by atoms with Gasteiger partial charge in [0, 0.05) is 6.04 Å². The maximum absolute atomic E-state index is 12.6. The van der Waals surface area contributed by atoms with E-state index in [1.54, 1.807) is 6.07 Å². The summed E-state index contributed by atoms with van der Waals surface area (Å²) in [4.78, 5) is 0.477. The first-order valence-electron chi connectivity index (χ1n) is 6.70. The summed E-state index contributed by atoms with van der Waals surface area (Å²) in [7, 11) is -3.23. The largest absolute Gasteiger partial charge is 0.327 e. The molecule has 1 fully saturated rings. The minimum Gasteiger partial charge on any atom is -0.327 e. The van der Waals surface area contributed by atoms with Crippen molar-refractivity contribution in [2.45, 2.75) is 54.7 Å². The first-order valence-corrected chi connectivity index (χ1v) is 8.25. The van der Waals surface area contributed by atoms with Crippen LogP contribution < -0.4 is 5.73 Å². The molecule has 2 unspecified atom stereocenters. The van der Waals surface area contributed by atoms with Crippen LogP contribution in [0.1, 0.15) is 36.8 Å². The van der Waals surface area contributed by atoms with E-state index < -0.39 is 9.84 Å². The Bertz CT molecular complexity index is 565. The molecule has 2 atom stereocenters. The van der Waals surface area contributed by atoms with Crippen LogP contribution in [-0.4, -0.2) is 19.7 Å². The number of hydrogen-bond donors (Lipinski definition) is 1. The second-order valence-corrected chi connectivity index (χ2v) is 7.63. The molecular formula is C14H19NO2S. The van der Waals surface area contributed by atoms with E-state index in [9.17, 15) is 8.42 Å². The van der Waals surface area contributed by atoms with E-state index in [0.717, 1.165) is 32.1 Å². The van der Waals surface area contributed by atoms with Crippen molar-refractivity contribution in [1.29, 1.82) is 0 Å². The van der Waals surface area contributed by atoms with Gasteiger partial charge in [0.25, 0.3) is 0 Å². The molecule has 4 heteroatoms. The van der Waals surface area contributed by atoms with E-state index in [0.29, 0.717) is 11.3 Å². The molecule has 2 aliphatic rings. The van der Waals surface area contributed by atoms with Crippen LogP contribution in [0.15, 0.2) is 23.1 Å². The van der Waals surface area contributed by atoms with E-state index in [1.165, 1.54) is 11.1 Å². The van der Waals surface area contributed by atoms with Gasteiger partial charge in [-0.1, -0.05) is 12.5 Å². The molecule has 0 bridgehead atoms.